The molecule has 0 aromatic rings. The van der Waals surface area contributed by atoms with Crippen molar-refractivity contribution in [3.8, 4) is 0 Å². The van der Waals surface area contributed by atoms with Gasteiger partial charge in [0, 0.05) is 54.5 Å². The summed E-state index contributed by atoms with van der Waals surface area (Å²) in [7, 11) is 0. The lowest BCUT2D eigenvalue weighted by Crippen LogP contribution is -2.70. The highest BCUT2D eigenvalue weighted by Gasteiger charge is 2.93. The molecule has 3 N–H and O–H groups in total. The van der Waals surface area contributed by atoms with Gasteiger partial charge >= 0.3 is 0 Å². The molecule has 12 atom stereocenters. The largest absolute Gasteiger partial charge is 0.392 e. The van der Waals surface area contributed by atoms with Crippen molar-refractivity contribution in [2.75, 3.05) is 6.54 Å². The number of rotatable bonds is 0. The fraction of sp³-hybridized carbons (Fsp3) is 0.850. The molecule has 1 unspecified atom stereocenters. The van der Waals surface area contributed by atoms with Crippen molar-refractivity contribution < 1.29 is 20.1 Å². The second-order valence-corrected chi connectivity index (χ2v) is 10.8. The summed E-state index contributed by atoms with van der Waals surface area (Å²) in [6, 6.07) is 0.0429. The Hall–Kier alpha value is -0.750. The van der Waals surface area contributed by atoms with Gasteiger partial charge in [0.25, 0.3) is 0 Å². The zero-order valence-corrected chi connectivity index (χ0v) is 14.5. The number of aliphatic hydroxyl groups is 3. The monoisotopic (exact) mass is 343 g/mol. The molecule has 5 heteroatoms. The van der Waals surface area contributed by atoms with Gasteiger partial charge in [0.15, 0.2) is 0 Å². The summed E-state index contributed by atoms with van der Waals surface area (Å²) in [5, 5.41) is 34.3. The maximum Gasteiger partial charge on any atom is 0.134 e. The number of fused-ring (bicyclic) bond motifs is 1. The van der Waals surface area contributed by atoms with E-state index in [2.05, 4.69) is 18.4 Å². The zero-order valence-electron chi connectivity index (χ0n) is 14.5. The van der Waals surface area contributed by atoms with E-state index in [0.717, 1.165) is 18.5 Å². The summed E-state index contributed by atoms with van der Waals surface area (Å²) >= 11 is 0. The zero-order chi connectivity index (χ0) is 17.3. The first-order valence-electron chi connectivity index (χ1n) is 9.75. The molecule has 2 spiro atoms. The van der Waals surface area contributed by atoms with Crippen molar-refractivity contribution in [2.45, 2.75) is 56.6 Å². The average Bonchev–Trinajstić information content (AvgIpc) is 2.82. The van der Waals surface area contributed by atoms with E-state index in [1.54, 1.807) is 0 Å². The molecule has 0 aromatic carbocycles. The molecule has 25 heavy (non-hydrogen) atoms. The summed E-state index contributed by atoms with van der Waals surface area (Å²) in [6.07, 6.45) is 1.23. The van der Waals surface area contributed by atoms with E-state index in [4.69, 9.17) is 0 Å². The molecule has 3 saturated heterocycles. The molecule has 5 nitrogen and oxygen atoms in total. The van der Waals surface area contributed by atoms with Gasteiger partial charge in [-0.05, 0) is 23.7 Å². The Bertz CT molecular complexity index is 797. The van der Waals surface area contributed by atoms with Crippen molar-refractivity contribution in [3.63, 3.8) is 0 Å². The van der Waals surface area contributed by atoms with E-state index in [0.29, 0.717) is 19.3 Å². The Labute approximate surface area is 146 Å². The summed E-state index contributed by atoms with van der Waals surface area (Å²) in [5.41, 5.74) is -0.741. The molecule has 6 saturated carbocycles. The number of Topliss-reactive ketones (excluding diaryl/α,β-unsaturated/α-hetero) is 1. The van der Waals surface area contributed by atoms with Crippen LogP contribution in [0, 0.1) is 39.9 Å². The first-order valence-corrected chi connectivity index (χ1v) is 9.75. The minimum Gasteiger partial charge on any atom is -0.392 e. The first-order chi connectivity index (χ1) is 11.7. The summed E-state index contributed by atoms with van der Waals surface area (Å²) in [4.78, 5) is 15.1. The Balaban J connectivity index is 1.57. The van der Waals surface area contributed by atoms with Crippen molar-refractivity contribution >= 4 is 5.78 Å². The smallest absolute Gasteiger partial charge is 0.134 e. The van der Waals surface area contributed by atoms with Gasteiger partial charge in [-0.3, -0.25) is 9.69 Å². The third-order valence-electron chi connectivity index (χ3n) is 9.98. The fourth-order valence-electron chi connectivity index (χ4n) is 10.5. The van der Waals surface area contributed by atoms with Gasteiger partial charge < -0.3 is 15.3 Å². The molecule has 3 heterocycles. The third kappa shape index (κ3) is 1.02. The van der Waals surface area contributed by atoms with Crippen LogP contribution in [0.1, 0.15) is 32.6 Å². The maximum absolute atomic E-state index is 12.8. The SMILES string of the molecule is C=C1C[C@@]23C[C@@]4(O)[C@@H]5[C@]6(C)CC(=O)C[C@@]57[C@@H]2[C@@H](O)[C@@H]1[C@@H](O)[C@@H]3[C@H]7N4C6. The number of ketones is 1. The number of hydrogen-bond acceptors (Lipinski definition) is 5. The van der Waals surface area contributed by atoms with Crippen LogP contribution in [0.5, 0.6) is 0 Å². The molecule has 9 bridgehead atoms. The van der Waals surface area contributed by atoms with Gasteiger partial charge in [-0.2, -0.15) is 0 Å². The fourth-order valence-corrected chi connectivity index (χ4v) is 10.5. The lowest BCUT2D eigenvalue weighted by molar-refractivity contribution is -0.265. The molecule has 0 aromatic heterocycles. The molecule has 9 fully saturated rings. The van der Waals surface area contributed by atoms with Crippen LogP contribution >= 0.6 is 0 Å². The maximum atomic E-state index is 12.8. The lowest BCUT2D eigenvalue weighted by atomic mass is 9.39. The van der Waals surface area contributed by atoms with Gasteiger partial charge in [-0.1, -0.05) is 19.1 Å². The first kappa shape index (κ1) is 14.3. The quantitative estimate of drug-likeness (QED) is 0.551. The topological polar surface area (TPSA) is 81.0 Å². The number of nitrogens with zero attached hydrogens (tertiary/aromatic N) is 1. The second-order valence-electron chi connectivity index (χ2n) is 10.8. The molecular formula is C20H25NO4. The van der Waals surface area contributed by atoms with E-state index in [1.165, 1.54) is 0 Å². The van der Waals surface area contributed by atoms with Crippen molar-refractivity contribution in [1.29, 1.82) is 0 Å². The van der Waals surface area contributed by atoms with Crippen LogP contribution in [-0.2, 0) is 4.79 Å². The summed E-state index contributed by atoms with van der Waals surface area (Å²) in [5.74, 6) is 0.163. The Morgan fingerprint density at radius 3 is 2.72 bits per heavy atom. The number of piperidine rings is 2. The molecule has 9 aliphatic rings. The van der Waals surface area contributed by atoms with E-state index < -0.39 is 17.9 Å². The normalized spacial score (nSPS) is 73.6. The molecule has 0 amide bonds. The highest BCUT2D eigenvalue weighted by Crippen LogP contribution is 2.88. The summed E-state index contributed by atoms with van der Waals surface area (Å²) in [6.45, 7) is 7.09. The van der Waals surface area contributed by atoms with Crippen LogP contribution < -0.4 is 0 Å². The van der Waals surface area contributed by atoms with Gasteiger partial charge in [0.2, 0.25) is 0 Å². The van der Waals surface area contributed by atoms with Crippen LogP contribution in [0.2, 0.25) is 0 Å². The van der Waals surface area contributed by atoms with Crippen LogP contribution in [0.3, 0.4) is 0 Å². The molecule has 3 aliphatic heterocycles. The van der Waals surface area contributed by atoms with Gasteiger partial charge in [-0.15, -0.1) is 0 Å². The van der Waals surface area contributed by atoms with Gasteiger partial charge in [0.1, 0.15) is 11.5 Å². The highest BCUT2D eigenvalue weighted by molar-refractivity contribution is 5.82. The standard InChI is InChI=1S/C20H25NO4/c1-8-3-18-6-20(25)16-17(2)4-9(22)5-19(16)14(18)13(24)10(8)12(23)11(18)15(19)21(20)7-17/h10-16,23-25H,1,3-7H2,2H3/t10-,11+,12+,13-,14+,15+,16+,17+,18-,19-,20+/m0/s1. The predicted molar refractivity (Wildman–Crippen MR) is 87.0 cm³/mol. The second kappa shape index (κ2) is 3.39. The van der Waals surface area contributed by atoms with Gasteiger partial charge in [0.05, 0.1) is 12.2 Å². The molecule has 0 radical (unpaired) electrons. The van der Waals surface area contributed by atoms with E-state index in [9.17, 15) is 20.1 Å². The van der Waals surface area contributed by atoms with Crippen molar-refractivity contribution in [2.24, 2.45) is 39.9 Å². The van der Waals surface area contributed by atoms with Crippen LogP contribution in [0.25, 0.3) is 0 Å². The molecular weight excluding hydrogens is 318 g/mol. The van der Waals surface area contributed by atoms with Crippen LogP contribution in [0.15, 0.2) is 12.2 Å². The van der Waals surface area contributed by atoms with Crippen LogP contribution in [0.4, 0.5) is 0 Å². The number of aliphatic hydroxyl groups excluding tert-OH is 2. The highest BCUT2D eigenvalue weighted by atomic mass is 16.3. The van der Waals surface area contributed by atoms with E-state index in [1.807, 2.05) is 0 Å². The van der Waals surface area contributed by atoms with Crippen molar-refractivity contribution in [3.05, 3.63) is 12.2 Å². The van der Waals surface area contributed by atoms with Crippen LogP contribution in [-0.4, -0.2) is 56.5 Å². The van der Waals surface area contributed by atoms with Gasteiger partial charge in [-0.25, -0.2) is 0 Å². The predicted octanol–water partition coefficient (Wildman–Crippen LogP) is 0.292. The molecule has 6 aliphatic carbocycles. The Kier molecular flexibility index (Phi) is 1.94. The third-order valence-corrected chi connectivity index (χ3v) is 9.98. The number of hydrogen-bond donors (Lipinski definition) is 3. The summed E-state index contributed by atoms with van der Waals surface area (Å²) < 4.78 is 0. The molecule has 134 valence electrons. The van der Waals surface area contributed by atoms with E-state index >= 15 is 0 Å². The Morgan fingerprint density at radius 2 is 1.96 bits per heavy atom. The molecule has 9 rings (SSSR count). The number of carbonyl (C=O) groups excluding carboxylic acids is 1. The minimum absolute atomic E-state index is 0.0213. The lowest BCUT2D eigenvalue weighted by Gasteiger charge is -2.66. The number of carbonyl (C=O) groups is 1. The average molecular weight is 343 g/mol. The Morgan fingerprint density at radius 1 is 1.20 bits per heavy atom. The van der Waals surface area contributed by atoms with E-state index in [-0.39, 0.29) is 51.7 Å². The van der Waals surface area contributed by atoms with Crippen molar-refractivity contribution in [1.82, 2.24) is 4.90 Å². The minimum atomic E-state index is -0.864.